The number of quaternary nitrogens is 1. The molecule has 1 aliphatic rings. The monoisotopic (exact) mass is 411 g/mol. The summed E-state index contributed by atoms with van der Waals surface area (Å²) in [4.78, 5) is 17.0. The van der Waals surface area contributed by atoms with Gasteiger partial charge in [-0.2, -0.15) is 0 Å². The zero-order valence-electron chi connectivity index (χ0n) is 14.8. The topological polar surface area (TPSA) is 68.3 Å². The predicted octanol–water partition coefficient (Wildman–Crippen LogP) is 5.32. The molecule has 28 heavy (non-hydrogen) atoms. The smallest absolute Gasteiger partial charge is 0.316 e. The Balaban J connectivity index is 1.92. The van der Waals surface area contributed by atoms with E-state index in [4.69, 9.17) is 34.0 Å². The number of primary amides is 1. The summed E-state index contributed by atoms with van der Waals surface area (Å²) in [5.41, 5.74) is 9.16. The lowest BCUT2D eigenvalue weighted by atomic mass is 9.98. The van der Waals surface area contributed by atoms with Crippen molar-refractivity contribution in [2.45, 2.75) is 12.5 Å². The molecule has 140 valence electrons. The highest BCUT2D eigenvalue weighted by Crippen LogP contribution is 2.44. The largest absolute Gasteiger partial charge is 0.446 e. The fourth-order valence-corrected chi connectivity index (χ4v) is 3.81. The average Bonchev–Trinajstić information content (AvgIpc) is 3.12. The van der Waals surface area contributed by atoms with E-state index >= 15 is 0 Å². The molecule has 5 nitrogen and oxygen atoms in total. The van der Waals surface area contributed by atoms with Crippen molar-refractivity contribution in [2.75, 3.05) is 0 Å². The van der Waals surface area contributed by atoms with Crippen LogP contribution in [0.1, 0.15) is 23.6 Å². The first-order valence-corrected chi connectivity index (χ1v) is 9.47. The minimum absolute atomic E-state index is 0.362. The maximum Gasteiger partial charge on any atom is 0.446 e. The van der Waals surface area contributed by atoms with E-state index < -0.39 is 6.03 Å². The zero-order chi connectivity index (χ0) is 19.7. The minimum atomic E-state index is -0.576. The van der Waals surface area contributed by atoms with Gasteiger partial charge in [0.15, 0.2) is 11.7 Å². The summed E-state index contributed by atoms with van der Waals surface area (Å²) in [7, 11) is 0. The number of halogens is 2. The molecule has 2 atom stereocenters. The van der Waals surface area contributed by atoms with E-state index in [1.165, 1.54) is 0 Å². The van der Waals surface area contributed by atoms with Crippen molar-refractivity contribution in [3.05, 3.63) is 94.2 Å². The third-order valence-corrected chi connectivity index (χ3v) is 5.39. The number of rotatable bonds is 3. The SMILES string of the molecule is NC(=O)[N+]1(c2ccc(Cl)cc2)N=C(c2ccccc2)CC1c1ccc(Cl)nc1. The summed E-state index contributed by atoms with van der Waals surface area (Å²) in [6.07, 6.45) is 2.20. The number of urea groups is 1. The summed E-state index contributed by atoms with van der Waals surface area (Å²) in [6, 6.07) is 19.4. The Morgan fingerprint density at radius 1 is 1.00 bits per heavy atom. The van der Waals surface area contributed by atoms with Crippen LogP contribution in [0.25, 0.3) is 0 Å². The quantitative estimate of drug-likeness (QED) is 0.467. The average molecular weight is 412 g/mol. The molecule has 0 bridgehead atoms. The van der Waals surface area contributed by atoms with Gasteiger partial charge in [-0.1, -0.05) is 63.2 Å². The van der Waals surface area contributed by atoms with E-state index in [0.717, 1.165) is 16.8 Å². The molecule has 2 unspecified atom stereocenters. The third kappa shape index (κ3) is 3.18. The molecule has 0 aliphatic carbocycles. The first-order chi connectivity index (χ1) is 13.5. The number of carbonyl (C=O) groups is 1. The van der Waals surface area contributed by atoms with E-state index in [9.17, 15) is 4.79 Å². The molecule has 0 spiro atoms. The summed E-state index contributed by atoms with van der Waals surface area (Å²) >= 11 is 12.0. The van der Waals surface area contributed by atoms with Gasteiger partial charge in [0.25, 0.3) is 0 Å². The number of benzene rings is 2. The molecule has 0 saturated heterocycles. The van der Waals surface area contributed by atoms with Gasteiger partial charge in [0.1, 0.15) is 10.9 Å². The Labute approximate surface area is 172 Å². The summed E-state index contributed by atoms with van der Waals surface area (Å²) in [5, 5.41) is 5.80. The number of nitrogens with zero attached hydrogens (tertiary/aromatic N) is 3. The molecular formula is C21H17Cl2N4O+. The number of carbonyl (C=O) groups excluding carboxylic acids is 1. The second kappa shape index (κ2) is 7.36. The van der Waals surface area contributed by atoms with Crippen LogP contribution in [-0.2, 0) is 0 Å². The normalized spacial score (nSPS) is 21.4. The maximum atomic E-state index is 12.8. The molecule has 2 amide bonds. The number of hydrogen-bond donors (Lipinski definition) is 1. The van der Waals surface area contributed by atoms with Gasteiger partial charge in [-0.05, 0) is 24.3 Å². The van der Waals surface area contributed by atoms with E-state index in [0.29, 0.717) is 22.3 Å². The van der Waals surface area contributed by atoms with Crippen LogP contribution in [0.15, 0.2) is 78.0 Å². The Morgan fingerprint density at radius 3 is 2.32 bits per heavy atom. The molecule has 7 heteroatoms. The van der Waals surface area contributed by atoms with Gasteiger partial charge >= 0.3 is 6.03 Å². The minimum Gasteiger partial charge on any atom is -0.316 e. The van der Waals surface area contributed by atoms with Crippen molar-refractivity contribution in [3.8, 4) is 0 Å². The van der Waals surface area contributed by atoms with Crippen molar-refractivity contribution in [1.82, 2.24) is 9.58 Å². The number of pyridine rings is 1. The standard InChI is InChI=1S/C21H16Cl2N4O/c22-16-7-9-17(10-8-16)27(21(24)28)19(15-6-11-20(23)25-13-15)12-18(26-27)14-4-2-1-3-5-14/h1-11,13,19H,12H2,(H-,24,28)/p+1. The second-order valence-electron chi connectivity index (χ2n) is 6.55. The molecule has 1 aromatic heterocycles. The Hall–Kier alpha value is -2.73. The summed E-state index contributed by atoms with van der Waals surface area (Å²) < 4.78 is -0.384. The van der Waals surface area contributed by atoms with E-state index in [2.05, 4.69) is 4.98 Å². The molecular weight excluding hydrogens is 395 g/mol. The fourth-order valence-electron chi connectivity index (χ4n) is 3.58. The highest BCUT2D eigenvalue weighted by molar-refractivity contribution is 6.30. The lowest BCUT2D eigenvalue weighted by Gasteiger charge is -2.30. The molecule has 2 aromatic carbocycles. The lowest BCUT2D eigenvalue weighted by molar-refractivity contribution is 0.196. The van der Waals surface area contributed by atoms with E-state index in [1.54, 1.807) is 36.5 Å². The van der Waals surface area contributed by atoms with Gasteiger partial charge in [0.05, 0.1) is 6.42 Å². The number of amides is 2. The molecule has 3 aromatic rings. The molecule has 0 fully saturated rings. The number of nitrogens with two attached hydrogens (primary N) is 1. The van der Waals surface area contributed by atoms with Gasteiger partial charge in [-0.15, -0.1) is 0 Å². The van der Waals surface area contributed by atoms with Crippen LogP contribution in [0.5, 0.6) is 0 Å². The fraction of sp³-hybridized carbons (Fsp3) is 0.0952. The Kier molecular flexibility index (Phi) is 4.89. The van der Waals surface area contributed by atoms with Gasteiger partial charge in [-0.25, -0.2) is 9.78 Å². The van der Waals surface area contributed by atoms with Crippen LogP contribution >= 0.6 is 23.2 Å². The van der Waals surface area contributed by atoms with Crippen LogP contribution in [0.3, 0.4) is 0 Å². The molecule has 4 rings (SSSR count). The molecule has 1 aliphatic heterocycles. The van der Waals surface area contributed by atoms with Gasteiger partial charge in [0.2, 0.25) is 0 Å². The molecule has 0 radical (unpaired) electrons. The molecule has 2 N–H and O–H groups in total. The maximum absolute atomic E-state index is 12.8. The van der Waals surface area contributed by atoms with Crippen LogP contribution in [0.2, 0.25) is 10.2 Å². The van der Waals surface area contributed by atoms with E-state index in [1.807, 2.05) is 36.4 Å². The van der Waals surface area contributed by atoms with Crippen molar-refractivity contribution < 1.29 is 4.79 Å². The highest BCUT2D eigenvalue weighted by Gasteiger charge is 2.53. The van der Waals surface area contributed by atoms with Gasteiger partial charge in [0, 0.05) is 34.5 Å². The van der Waals surface area contributed by atoms with Crippen LogP contribution < -0.4 is 10.3 Å². The first kappa shape index (κ1) is 18.6. The van der Waals surface area contributed by atoms with Crippen LogP contribution in [0.4, 0.5) is 10.5 Å². The Bertz CT molecular complexity index is 1040. The third-order valence-electron chi connectivity index (χ3n) is 4.91. The van der Waals surface area contributed by atoms with Crippen molar-refractivity contribution >= 4 is 40.6 Å². The summed E-state index contributed by atoms with van der Waals surface area (Å²) in [6.45, 7) is 0. The second-order valence-corrected chi connectivity index (χ2v) is 7.37. The zero-order valence-corrected chi connectivity index (χ0v) is 16.3. The predicted molar refractivity (Wildman–Crippen MR) is 112 cm³/mol. The number of hydrogen-bond acceptors (Lipinski definition) is 3. The van der Waals surface area contributed by atoms with Crippen LogP contribution in [0, 0.1) is 0 Å². The Morgan fingerprint density at radius 2 is 1.71 bits per heavy atom. The lowest BCUT2D eigenvalue weighted by Crippen LogP contribution is -2.53. The number of aromatic nitrogens is 1. The molecule has 2 heterocycles. The van der Waals surface area contributed by atoms with Crippen molar-refractivity contribution in [3.63, 3.8) is 0 Å². The first-order valence-electron chi connectivity index (χ1n) is 8.71. The van der Waals surface area contributed by atoms with Gasteiger partial charge in [-0.3, -0.25) is 0 Å². The molecule has 0 saturated carbocycles. The van der Waals surface area contributed by atoms with Gasteiger partial charge < -0.3 is 5.73 Å². The van der Waals surface area contributed by atoms with Crippen molar-refractivity contribution in [1.29, 1.82) is 0 Å². The van der Waals surface area contributed by atoms with Crippen molar-refractivity contribution in [2.24, 2.45) is 10.8 Å². The van der Waals surface area contributed by atoms with Crippen LogP contribution in [-0.4, -0.2) is 16.7 Å². The van der Waals surface area contributed by atoms with E-state index in [-0.39, 0.29) is 10.6 Å². The highest BCUT2D eigenvalue weighted by atomic mass is 35.5. The summed E-state index contributed by atoms with van der Waals surface area (Å²) in [5.74, 6) is 0.